The van der Waals surface area contributed by atoms with Crippen LogP contribution in [0.2, 0.25) is 0 Å². The Morgan fingerprint density at radius 2 is 1.71 bits per heavy atom. The van der Waals surface area contributed by atoms with Gasteiger partial charge in [-0.15, -0.1) is 0 Å². The van der Waals surface area contributed by atoms with Gasteiger partial charge in [-0.1, -0.05) is 13.8 Å². The van der Waals surface area contributed by atoms with Crippen molar-refractivity contribution in [1.29, 1.82) is 0 Å². The van der Waals surface area contributed by atoms with Gasteiger partial charge in [-0.05, 0) is 60.9 Å². The molecule has 5 nitrogen and oxygen atoms in total. The summed E-state index contributed by atoms with van der Waals surface area (Å²) in [7, 11) is -2.16. The number of benzene rings is 2. The molecule has 0 saturated heterocycles. The van der Waals surface area contributed by atoms with E-state index in [2.05, 4.69) is 4.72 Å². The number of carbonyl (C=O) groups excluding carboxylic acids is 1. The summed E-state index contributed by atoms with van der Waals surface area (Å²) in [4.78, 5) is 11.4. The minimum Gasteiger partial charge on any atom is -0.496 e. The highest BCUT2D eigenvalue weighted by atomic mass is 32.2. The van der Waals surface area contributed by atoms with Crippen LogP contribution in [0, 0.1) is 0 Å². The fourth-order valence-electron chi connectivity index (χ4n) is 2.32. The van der Waals surface area contributed by atoms with Crippen LogP contribution >= 0.6 is 0 Å². The van der Waals surface area contributed by atoms with Gasteiger partial charge in [-0.3, -0.25) is 9.52 Å². The first-order chi connectivity index (χ1) is 11.2. The highest BCUT2D eigenvalue weighted by Crippen LogP contribution is 2.29. The molecule has 0 radical (unpaired) electrons. The lowest BCUT2D eigenvalue weighted by Crippen LogP contribution is -2.13. The van der Waals surface area contributed by atoms with E-state index < -0.39 is 10.0 Å². The Labute approximate surface area is 142 Å². The molecule has 0 atom stereocenters. The molecule has 0 fully saturated rings. The summed E-state index contributed by atoms with van der Waals surface area (Å²) in [6.45, 7) is 5.41. The van der Waals surface area contributed by atoms with E-state index >= 15 is 0 Å². The van der Waals surface area contributed by atoms with Crippen molar-refractivity contribution in [3.63, 3.8) is 0 Å². The molecule has 0 spiro atoms. The number of methoxy groups -OCH3 is 1. The Morgan fingerprint density at radius 3 is 2.21 bits per heavy atom. The van der Waals surface area contributed by atoms with Crippen molar-refractivity contribution in [2.45, 2.75) is 31.6 Å². The van der Waals surface area contributed by atoms with Crippen LogP contribution in [0.3, 0.4) is 0 Å². The predicted molar refractivity (Wildman–Crippen MR) is 94.3 cm³/mol. The van der Waals surface area contributed by atoms with Crippen molar-refractivity contribution in [2.24, 2.45) is 0 Å². The molecule has 128 valence electrons. The number of nitrogens with one attached hydrogen (secondary N) is 1. The standard InChI is InChI=1S/C18H21NO4S/c1-12(2)17-11-16(9-10-18(17)23-4)24(21,22)19-15-7-5-14(6-8-15)13(3)20/h5-12,19H,1-4H3. The first-order valence-electron chi connectivity index (χ1n) is 7.56. The van der Waals surface area contributed by atoms with E-state index in [0.29, 0.717) is 17.0 Å². The number of rotatable bonds is 6. The summed E-state index contributed by atoms with van der Waals surface area (Å²) in [6, 6.07) is 11.1. The number of carbonyl (C=O) groups is 1. The summed E-state index contributed by atoms with van der Waals surface area (Å²) >= 11 is 0. The molecule has 6 heteroatoms. The van der Waals surface area contributed by atoms with E-state index in [1.807, 2.05) is 13.8 Å². The molecule has 24 heavy (non-hydrogen) atoms. The van der Waals surface area contributed by atoms with Gasteiger partial charge in [0.1, 0.15) is 5.75 Å². The molecular formula is C18H21NO4S. The van der Waals surface area contributed by atoms with E-state index in [1.54, 1.807) is 43.5 Å². The number of hydrogen-bond acceptors (Lipinski definition) is 4. The van der Waals surface area contributed by atoms with E-state index in [-0.39, 0.29) is 16.6 Å². The van der Waals surface area contributed by atoms with Gasteiger partial charge in [0.15, 0.2) is 5.78 Å². The van der Waals surface area contributed by atoms with Gasteiger partial charge in [0.25, 0.3) is 10.0 Å². The maximum atomic E-state index is 12.6. The monoisotopic (exact) mass is 347 g/mol. The second-order valence-electron chi connectivity index (χ2n) is 5.80. The zero-order valence-electron chi connectivity index (χ0n) is 14.2. The summed E-state index contributed by atoms with van der Waals surface area (Å²) in [5, 5.41) is 0. The molecule has 0 unspecified atom stereocenters. The summed E-state index contributed by atoms with van der Waals surface area (Å²) in [5.41, 5.74) is 1.76. The van der Waals surface area contributed by atoms with E-state index in [4.69, 9.17) is 4.74 Å². The highest BCUT2D eigenvalue weighted by Gasteiger charge is 2.18. The molecule has 0 bridgehead atoms. The second-order valence-corrected chi connectivity index (χ2v) is 7.48. The number of hydrogen-bond donors (Lipinski definition) is 1. The first-order valence-corrected chi connectivity index (χ1v) is 9.04. The van der Waals surface area contributed by atoms with Crippen LogP contribution in [0.15, 0.2) is 47.4 Å². The molecule has 2 aromatic rings. The largest absolute Gasteiger partial charge is 0.496 e. The maximum absolute atomic E-state index is 12.6. The third kappa shape index (κ3) is 3.94. The molecule has 0 aromatic heterocycles. The molecule has 0 aliphatic rings. The molecule has 0 amide bonds. The number of ketones is 1. The van der Waals surface area contributed by atoms with Gasteiger partial charge < -0.3 is 4.74 Å². The molecule has 2 aromatic carbocycles. The van der Waals surface area contributed by atoms with Crippen LogP contribution in [0.4, 0.5) is 5.69 Å². The summed E-state index contributed by atoms with van der Waals surface area (Å²) in [5.74, 6) is 0.723. The average molecular weight is 347 g/mol. The van der Waals surface area contributed by atoms with Crippen molar-refractivity contribution in [3.05, 3.63) is 53.6 Å². The fraction of sp³-hybridized carbons (Fsp3) is 0.278. The lowest BCUT2D eigenvalue weighted by atomic mass is 10.0. The topological polar surface area (TPSA) is 72.5 Å². The quantitative estimate of drug-likeness (QED) is 0.806. The van der Waals surface area contributed by atoms with Crippen molar-refractivity contribution in [3.8, 4) is 5.75 Å². The Kier molecular flexibility index (Phi) is 5.29. The summed E-state index contributed by atoms with van der Waals surface area (Å²) < 4.78 is 33.0. The molecule has 0 heterocycles. The highest BCUT2D eigenvalue weighted by molar-refractivity contribution is 7.92. The zero-order chi connectivity index (χ0) is 17.9. The van der Waals surface area contributed by atoms with E-state index in [0.717, 1.165) is 5.56 Å². The normalized spacial score (nSPS) is 11.4. The zero-order valence-corrected chi connectivity index (χ0v) is 15.0. The summed E-state index contributed by atoms with van der Waals surface area (Å²) in [6.07, 6.45) is 0. The number of sulfonamides is 1. The van der Waals surface area contributed by atoms with Crippen LogP contribution in [0.25, 0.3) is 0 Å². The van der Waals surface area contributed by atoms with Crippen LogP contribution in [-0.2, 0) is 10.0 Å². The van der Waals surface area contributed by atoms with Crippen molar-refractivity contribution in [2.75, 3.05) is 11.8 Å². The van der Waals surface area contributed by atoms with Crippen molar-refractivity contribution in [1.82, 2.24) is 0 Å². The van der Waals surface area contributed by atoms with Gasteiger partial charge in [0.2, 0.25) is 0 Å². The van der Waals surface area contributed by atoms with Crippen LogP contribution in [0.1, 0.15) is 42.6 Å². The maximum Gasteiger partial charge on any atom is 0.261 e. The number of Topliss-reactive ketones (excluding diaryl/α,β-unsaturated/α-hetero) is 1. The van der Waals surface area contributed by atoms with Crippen molar-refractivity contribution >= 4 is 21.5 Å². The molecule has 1 N–H and O–H groups in total. The van der Waals surface area contributed by atoms with E-state index in [9.17, 15) is 13.2 Å². The fourth-order valence-corrected chi connectivity index (χ4v) is 3.41. The van der Waals surface area contributed by atoms with Gasteiger partial charge in [-0.2, -0.15) is 0 Å². The number of anilines is 1. The molecule has 0 aliphatic carbocycles. The third-order valence-electron chi connectivity index (χ3n) is 3.68. The number of ether oxygens (including phenoxy) is 1. The smallest absolute Gasteiger partial charge is 0.261 e. The Bertz CT molecular complexity index is 840. The van der Waals surface area contributed by atoms with Crippen molar-refractivity contribution < 1.29 is 17.9 Å². The van der Waals surface area contributed by atoms with Gasteiger partial charge in [0, 0.05) is 11.3 Å². The lowest BCUT2D eigenvalue weighted by molar-refractivity contribution is 0.101. The second kappa shape index (κ2) is 7.05. The minimum atomic E-state index is -3.72. The Hall–Kier alpha value is -2.34. The minimum absolute atomic E-state index is 0.0684. The van der Waals surface area contributed by atoms with Gasteiger partial charge in [0.05, 0.1) is 12.0 Å². The Morgan fingerprint density at radius 1 is 1.08 bits per heavy atom. The van der Waals surface area contributed by atoms with Crippen LogP contribution in [-0.4, -0.2) is 21.3 Å². The molecule has 0 saturated carbocycles. The molecule has 2 rings (SSSR count). The molecule has 0 aliphatic heterocycles. The van der Waals surface area contributed by atoms with Crippen LogP contribution in [0.5, 0.6) is 5.75 Å². The lowest BCUT2D eigenvalue weighted by Gasteiger charge is -2.14. The van der Waals surface area contributed by atoms with Gasteiger partial charge in [-0.25, -0.2) is 8.42 Å². The van der Waals surface area contributed by atoms with E-state index in [1.165, 1.54) is 13.0 Å². The SMILES string of the molecule is COc1ccc(S(=O)(=O)Nc2ccc(C(C)=O)cc2)cc1C(C)C. The van der Waals surface area contributed by atoms with Gasteiger partial charge >= 0.3 is 0 Å². The Balaban J connectivity index is 2.33. The predicted octanol–water partition coefficient (Wildman–Crippen LogP) is 3.82. The molecular weight excluding hydrogens is 326 g/mol. The first kappa shape index (κ1) is 18.0. The van der Waals surface area contributed by atoms with Crippen LogP contribution < -0.4 is 9.46 Å². The average Bonchev–Trinajstić information content (AvgIpc) is 2.54. The third-order valence-corrected chi connectivity index (χ3v) is 5.06.